The van der Waals surface area contributed by atoms with Gasteiger partial charge in [0.15, 0.2) is 0 Å². The minimum absolute atomic E-state index is 0. The topological polar surface area (TPSA) is 48.1 Å². The van der Waals surface area contributed by atoms with Crippen molar-refractivity contribution in [3.05, 3.63) is 23.9 Å². The monoisotopic (exact) mass is 188 g/mol. The molecule has 1 atom stereocenters. The number of hydrogen-bond acceptors (Lipinski definition) is 3. The molecular weight excluding hydrogens is 176 g/mol. The van der Waals surface area contributed by atoms with Crippen molar-refractivity contribution < 1.29 is 4.74 Å². The molecule has 1 aromatic heterocycles. The number of methoxy groups -OCH3 is 1. The number of halogens is 1. The van der Waals surface area contributed by atoms with Crippen LogP contribution in [0, 0.1) is 0 Å². The van der Waals surface area contributed by atoms with Gasteiger partial charge in [-0.1, -0.05) is 6.07 Å². The van der Waals surface area contributed by atoms with Crippen molar-refractivity contribution in [3.63, 3.8) is 0 Å². The smallest absolute Gasteiger partial charge is 0.217 e. The molecule has 0 unspecified atom stereocenters. The van der Waals surface area contributed by atoms with Crippen LogP contribution in [0.25, 0.3) is 0 Å². The molecule has 0 spiro atoms. The molecule has 0 aliphatic carbocycles. The first kappa shape index (κ1) is 11.2. The lowest BCUT2D eigenvalue weighted by Gasteiger charge is -2.08. The van der Waals surface area contributed by atoms with Crippen molar-refractivity contribution in [1.82, 2.24) is 4.98 Å². The molecule has 1 aromatic rings. The van der Waals surface area contributed by atoms with Gasteiger partial charge in [0.25, 0.3) is 0 Å². The predicted octanol–water partition coefficient (Wildman–Crippen LogP) is 1.53. The number of nitrogens with two attached hydrogens (primary N) is 1. The summed E-state index contributed by atoms with van der Waals surface area (Å²) >= 11 is 0. The second kappa shape index (κ2) is 4.95. The van der Waals surface area contributed by atoms with Crippen molar-refractivity contribution in [1.29, 1.82) is 0 Å². The first-order valence-electron chi connectivity index (χ1n) is 3.50. The van der Waals surface area contributed by atoms with Gasteiger partial charge in [-0.25, -0.2) is 4.98 Å². The quantitative estimate of drug-likeness (QED) is 0.766. The van der Waals surface area contributed by atoms with Gasteiger partial charge in [0, 0.05) is 17.8 Å². The highest BCUT2D eigenvalue weighted by Gasteiger charge is 2.05. The highest BCUT2D eigenvalue weighted by molar-refractivity contribution is 5.85. The largest absolute Gasteiger partial charge is 0.481 e. The van der Waals surface area contributed by atoms with E-state index in [1.54, 1.807) is 13.3 Å². The average Bonchev–Trinajstić information content (AvgIpc) is 2.04. The van der Waals surface area contributed by atoms with Crippen molar-refractivity contribution in [3.8, 4) is 5.88 Å². The highest BCUT2D eigenvalue weighted by Crippen LogP contribution is 2.19. The Labute approximate surface area is 78.4 Å². The summed E-state index contributed by atoms with van der Waals surface area (Å²) in [5.41, 5.74) is 6.61. The molecule has 3 nitrogen and oxygen atoms in total. The molecule has 0 amide bonds. The fourth-order valence-electron chi connectivity index (χ4n) is 0.920. The molecule has 68 valence electrons. The van der Waals surface area contributed by atoms with Gasteiger partial charge in [0.2, 0.25) is 5.88 Å². The molecular formula is C8H13ClN2O. The Morgan fingerprint density at radius 3 is 2.67 bits per heavy atom. The summed E-state index contributed by atoms with van der Waals surface area (Å²) in [4.78, 5) is 4.02. The molecule has 0 bridgehead atoms. The third-order valence-corrected chi connectivity index (χ3v) is 1.48. The Kier molecular flexibility index (Phi) is 4.62. The Morgan fingerprint density at radius 2 is 2.25 bits per heavy atom. The number of aromatic nitrogens is 1. The first-order valence-corrected chi connectivity index (χ1v) is 3.50. The lowest BCUT2D eigenvalue weighted by atomic mass is 10.1. The van der Waals surface area contributed by atoms with E-state index < -0.39 is 0 Å². The van der Waals surface area contributed by atoms with Crippen LogP contribution in [0.15, 0.2) is 18.3 Å². The van der Waals surface area contributed by atoms with Crippen LogP contribution in [-0.2, 0) is 0 Å². The zero-order valence-electron chi connectivity index (χ0n) is 7.15. The van der Waals surface area contributed by atoms with Gasteiger partial charge in [-0.2, -0.15) is 0 Å². The van der Waals surface area contributed by atoms with Gasteiger partial charge in [0.05, 0.1) is 7.11 Å². The van der Waals surface area contributed by atoms with E-state index in [0.717, 1.165) is 5.56 Å². The molecule has 1 rings (SSSR count). The minimum atomic E-state index is -0.0290. The van der Waals surface area contributed by atoms with Crippen LogP contribution in [0.5, 0.6) is 5.88 Å². The maximum Gasteiger partial charge on any atom is 0.217 e. The van der Waals surface area contributed by atoms with Crippen LogP contribution in [0.4, 0.5) is 0 Å². The van der Waals surface area contributed by atoms with Crippen molar-refractivity contribution >= 4 is 12.4 Å². The van der Waals surface area contributed by atoms with E-state index in [4.69, 9.17) is 10.5 Å². The molecule has 4 heteroatoms. The third kappa shape index (κ3) is 2.36. The van der Waals surface area contributed by atoms with Gasteiger partial charge < -0.3 is 10.5 Å². The molecule has 12 heavy (non-hydrogen) atoms. The maximum absolute atomic E-state index is 5.67. The van der Waals surface area contributed by atoms with E-state index in [9.17, 15) is 0 Å². The molecule has 0 fully saturated rings. The van der Waals surface area contributed by atoms with Crippen LogP contribution in [0.3, 0.4) is 0 Å². The lowest BCUT2D eigenvalue weighted by Crippen LogP contribution is -2.07. The Bertz CT molecular complexity index is 240. The average molecular weight is 189 g/mol. The fourth-order valence-corrected chi connectivity index (χ4v) is 0.920. The molecule has 2 N–H and O–H groups in total. The van der Waals surface area contributed by atoms with E-state index in [1.165, 1.54) is 0 Å². The molecule has 1 heterocycles. The standard InChI is InChI=1S/C8H12N2O.ClH/c1-6(9)7-4-3-5-10-8(7)11-2;/h3-6H,9H2,1-2H3;1H/t6-;/m1./s1. The summed E-state index contributed by atoms with van der Waals surface area (Å²) in [6.45, 7) is 1.90. The van der Waals surface area contributed by atoms with E-state index in [2.05, 4.69) is 4.98 Å². The summed E-state index contributed by atoms with van der Waals surface area (Å²) in [5.74, 6) is 0.613. The summed E-state index contributed by atoms with van der Waals surface area (Å²) in [7, 11) is 1.59. The molecule has 0 saturated heterocycles. The number of rotatable bonds is 2. The van der Waals surface area contributed by atoms with E-state index >= 15 is 0 Å². The second-order valence-electron chi connectivity index (χ2n) is 2.39. The number of ether oxygens (including phenoxy) is 1. The van der Waals surface area contributed by atoms with Crippen molar-refractivity contribution in [2.75, 3.05) is 7.11 Å². The second-order valence-corrected chi connectivity index (χ2v) is 2.39. The van der Waals surface area contributed by atoms with Gasteiger partial charge >= 0.3 is 0 Å². The van der Waals surface area contributed by atoms with Gasteiger partial charge in [-0.05, 0) is 13.0 Å². The zero-order valence-corrected chi connectivity index (χ0v) is 7.97. The zero-order chi connectivity index (χ0) is 8.27. The Hall–Kier alpha value is -0.800. The van der Waals surface area contributed by atoms with Crippen molar-refractivity contribution in [2.24, 2.45) is 5.73 Å². The highest BCUT2D eigenvalue weighted by atomic mass is 35.5. The predicted molar refractivity (Wildman–Crippen MR) is 50.6 cm³/mol. The molecule has 0 aliphatic rings. The molecule has 0 aliphatic heterocycles. The summed E-state index contributed by atoms with van der Waals surface area (Å²) in [6.07, 6.45) is 1.69. The van der Waals surface area contributed by atoms with E-state index in [1.807, 2.05) is 19.1 Å². The van der Waals surface area contributed by atoms with Gasteiger partial charge in [0.1, 0.15) is 0 Å². The normalized spacial score (nSPS) is 11.6. The van der Waals surface area contributed by atoms with Crippen LogP contribution in [-0.4, -0.2) is 12.1 Å². The molecule has 0 aromatic carbocycles. The lowest BCUT2D eigenvalue weighted by molar-refractivity contribution is 0.389. The van der Waals surface area contributed by atoms with Gasteiger partial charge in [-0.15, -0.1) is 12.4 Å². The minimum Gasteiger partial charge on any atom is -0.481 e. The summed E-state index contributed by atoms with van der Waals surface area (Å²) in [6, 6.07) is 3.73. The van der Waals surface area contributed by atoms with Crippen LogP contribution in [0.1, 0.15) is 18.5 Å². The number of hydrogen-bond donors (Lipinski definition) is 1. The Morgan fingerprint density at radius 1 is 1.58 bits per heavy atom. The van der Waals surface area contributed by atoms with E-state index in [0.29, 0.717) is 5.88 Å². The molecule has 0 radical (unpaired) electrons. The van der Waals surface area contributed by atoms with E-state index in [-0.39, 0.29) is 18.4 Å². The van der Waals surface area contributed by atoms with Crippen LogP contribution in [0.2, 0.25) is 0 Å². The maximum atomic E-state index is 5.67. The van der Waals surface area contributed by atoms with Gasteiger partial charge in [-0.3, -0.25) is 0 Å². The summed E-state index contributed by atoms with van der Waals surface area (Å²) in [5, 5.41) is 0. The van der Waals surface area contributed by atoms with Crippen LogP contribution < -0.4 is 10.5 Å². The number of pyridine rings is 1. The fraction of sp³-hybridized carbons (Fsp3) is 0.375. The SMILES string of the molecule is COc1ncccc1[C@@H](C)N.Cl. The molecule has 0 saturated carbocycles. The Balaban J connectivity index is 0.00000121. The van der Waals surface area contributed by atoms with Crippen molar-refractivity contribution in [2.45, 2.75) is 13.0 Å². The first-order chi connectivity index (χ1) is 5.25. The third-order valence-electron chi connectivity index (χ3n) is 1.48. The van der Waals surface area contributed by atoms with Crippen LogP contribution >= 0.6 is 12.4 Å². The summed E-state index contributed by atoms with van der Waals surface area (Å²) < 4.78 is 5.02. The number of nitrogens with zero attached hydrogens (tertiary/aromatic N) is 1.